The first-order chi connectivity index (χ1) is 7.40. The van der Waals surface area contributed by atoms with E-state index in [1.165, 1.54) is 24.9 Å². The first-order valence-corrected chi connectivity index (χ1v) is 5.81. The Labute approximate surface area is 92.4 Å². The van der Waals surface area contributed by atoms with Gasteiger partial charge in [-0.1, -0.05) is 42.5 Å². The summed E-state index contributed by atoms with van der Waals surface area (Å²) in [5.41, 5.74) is 1.42. The van der Waals surface area contributed by atoms with E-state index in [2.05, 4.69) is 54.3 Å². The minimum Gasteiger partial charge on any atom is -0.293 e. The van der Waals surface area contributed by atoms with Crippen LogP contribution in [0.25, 0.3) is 0 Å². The molecule has 1 fully saturated rings. The first kappa shape index (κ1) is 10.4. The van der Waals surface area contributed by atoms with Gasteiger partial charge in [-0.05, 0) is 31.9 Å². The van der Waals surface area contributed by atoms with Crippen molar-refractivity contribution in [1.82, 2.24) is 4.90 Å². The summed E-state index contributed by atoms with van der Waals surface area (Å²) in [6.07, 6.45) is 7.16. The summed E-state index contributed by atoms with van der Waals surface area (Å²) < 4.78 is 0. The van der Waals surface area contributed by atoms with Gasteiger partial charge >= 0.3 is 0 Å². The van der Waals surface area contributed by atoms with Gasteiger partial charge in [-0.2, -0.15) is 0 Å². The van der Waals surface area contributed by atoms with Gasteiger partial charge in [0.1, 0.15) is 0 Å². The van der Waals surface area contributed by atoms with Crippen molar-refractivity contribution in [3.63, 3.8) is 0 Å². The zero-order chi connectivity index (χ0) is 10.5. The average molecular weight is 201 g/mol. The summed E-state index contributed by atoms with van der Waals surface area (Å²) in [7, 11) is 0. The van der Waals surface area contributed by atoms with Gasteiger partial charge in [0, 0.05) is 12.6 Å². The third kappa shape index (κ3) is 2.69. The van der Waals surface area contributed by atoms with Crippen molar-refractivity contribution in [3.8, 4) is 0 Å². The summed E-state index contributed by atoms with van der Waals surface area (Å²) in [6, 6.07) is 11.4. The number of hydrogen-bond acceptors (Lipinski definition) is 1. The van der Waals surface area contributed by atoms with Crippen LogP contribution in [0, 0.1) is 0 Å². The lowest BCUT2D eigenvalue weighted by Gasteiger charge is -2.21. The van der Waals surface area contributed by atoms with Crippen molar-refractivity contribution in [1.29, 1.82) is 0 Å². The smallest absolute Gasteiger partial charge is 0.0282 e. The summed E-state index contributed by atoms with van der Waals surface area (Å²) >= 11 is 0. The maximum atomic E-state index is 2.56. The van der Waals surface area contributed by atoms with E-state index in [0.717, 1.165) is 6.54 Å². The molecule has 0 radical (unpaired) electrons. The fourth-order valence-corrected chi connectivity index (χ4v) is 2.31. The molecule has 80 valence electrons. The Morgan fingerprint density at radius 3 is 2.87 bits per heavy atom. The van der Waals surface area contributed by atoms with Gasteiger partial charge < -0.3 is 0 Å². The minimum absolute atomic E-state index is 0.662. The van der Waals surface area contributed by atoms with E-state index in [0.29, 0.717) is 6.04 Å². The number of rotatable bonds is 3. The van der Waals surface area contributed by atoms with Gasteiger partial charge in [0.05, 0.1) is 0 Å². The van der Waals surface area contributed by atoms with Crippen LogP contribution in [0.2, 0.25) is 0 Å². The highest BCUT2D eigenvalue weighted by molar-refractivity contribution is 5.15. The Kier molecular flexibility index (Phi) is 3.57. The van der Waals surface area contributed by atoms with E-state index in [1.54, 1.807) is 0 Å². The monoisotopic (exact) mass is 201 g/mol. The van der Waals surface area contributed by atoms with Crippen molar-refractivity contribution in [2.75, 3.05) is 6.54 Å². The van der Waals surface area contributed by atoms with Crippen LogP contribution < -0.4 is 0 Å². The third-order valence-corrected chi connectivity index (χ3v) is 3.06. The Balaban J connectivity index is 1.99. The van der Waals surface area contributed by atoms with Crippen LogP contribution in [0.1, 0.15) is 25.3 Å². The molecule has 1 saturated heterocycles. The topological polar surface area (TPSA) is 3.24 Å². The molecule has 0 spiro atoms. The molecule has 0 aliphatic carbocycles. The third-order valence-electron chi connectivity index (χ3n) is 3.06. The van der Waals surface area contributed by atoms with Crippen molar-refractivity contribution >= 4 is 0 Å². The maximum absolute atomic E-state index is 2.56. The van der Waals surface area contributed by atoms with Crippen LogP contribution in [0.3, 0.4) is 0 Å². The molecule has 15 heavy (non-hydrogen) atoms. The number of hydrogen-bond donors (Lipinski definition) is 0. The van der Waals surface area contributed by atoms with Crippen LogP contribution in [0.15, 0.2) is 42.5 Å². The lowest BCUT2D eigenvalue weighted by Crippen LogP contribution is -2.27. The van der Waals surface area contributed by atoms with Crippen molar-refractivity contribution < 1.29 is 0 Å². The molecular formula is C14H19N. The Bertz CT molecular complexity index is 315. The molecule has 1 heteroatoms. The van der Waals surface area contributed by atoms with Crippen molar-refractivity contribution in [2.24, 2.45) is 0 Å². The molecule has 0 N–H and O–H groups in total. The van der Waals surface area contributed by atoms with Gasteiger partial charge in [0.25, 0.3) is 0 Å². The van der Waals surface area contributed by atoms with E-state index in [-0.39, 0.29) is 0 Å². The molecule has 0 unspecified atom stereocenters. The van der Waals surface area contributed by atoms with E-state index >= 15 is 0 Å². The highest BCUT2D eigenvalue weighted by atomic mass is 15.2. The molecule has 1 heterocycles. The van der Waals surface area contributed by atoms with E-state index < -0.39 is 0 Å². The fraction of sp³-hybridized carbons (Fsp3) is 0.429. The van der Waals surface area contributed by atoms with Crippen LogP contribution in [-0.2, 0) is 6.54 Å². The summed E-state index contributed by atoms with van der Waals surface area (Å²) in [5.74, 6) is 0. The summed E-state index contributed by atoms with van der Waals surface area (Å²) in [5, 5.41) is 0. The molecule has 0 amide bonds. The molecule has 2 rings (SSSR count). The average Bonchev–Trinajstić information content (AvgIpc) is 2.68. The standard InChI is InChI=1S/C14H19N/c1-2-7-14-10-6-11-15(14)12-13-8-4-3-5-9-13/h2-5,7-9,14H,6,10-12H2,1H3/b7-2-/t14-/m1/s1. The number of allylic oxidation sites excluding steroid dienone is 1. The molecule has 0 saturated carbocycles. The first-order valence-electron chi connectivity index (χ1n) is 5.81. The van der Waals surface area contributed by atoms with E-state index in [9.17, 15) is 0 Å². The lowest BCUT2D eigenvalue weighted by molar-refractivity contribution is 0.281. The number of likely N-dealkylation sites (tertiary alicyclic amines) is 1. The van der Waals surface area contributed by atoms with Crippen molar-refractivity contribution in [3.05, 3.63) is 48.0 Å². The second-order valence-corrected chi connectivity index (χ2v) is 4.19. The highest BCUT2D eigenvalue weighted by Gasteiger charge is 2.21. The summed E-state index contributed by atoms with van der Waals surface area (Å²) in [4.78, 5) is 2.56. The van der Waals surface area contributed by atoms with Gasteiger partial charge in [0.15, 0.2) is 0 Å². The Hall–Kier alpha value is -1.08. The normalized spacial score (nSPS) is 22.6. The zero-order valence-corrected chi connectivity index (χ0v) is 9.39. The quantitative estimate of drug-likeness (QED) is 0.679. The molecule has 1 aromatic carbocycles. The predicted molar refractivity (Wildman–Crippen MR) is 64.7 cm³/mol. The maximum Gasteiger partial charge on any atom is 0.0282 e. The van der Waals surface area contributed by atoms with Gasteiger partial charge in [-0.25, -0.2) is 0 Å². The van der Waals surface area contributed by atoms with Crippen molar-refractivity contribution in [2.45, 2.75) is 32.4 Å². The van der Waals surface area contributed by atoms with E-state index in [4.69, 9.17) is 0 Å². The molecule has 0 bridgehead atoms. The second-order valence-electron chi connectivity index (χ2n) is 4.19. The summed E-state index contributed by atoms with van der Waals surface area (Å²) in [6.45, 7) is 4.44. The van der Waals surface area contributed by atoms with Crippen LogP contribution in [0.5, 0.6) is 0 Å². The highest BCUT2D eigenvalue weighted by Crippen LogP contribution is 2.20. The molecule has 1 nitrogen and oxygen atoms in total. The van der Waals surface area contributed by atoms with Crippen LogP contribution in [0.4, 0.5) is 0 Å². The number of benzene rings is 1. The molecule has 1 atom stereocenters. The lowest BCUT2D eigenvalue weighted by atomic mass is 10.1. The molecule has 1 aliphatic rings. The molecule has 0 aromatic heterocycles. The SMILES string of the molecule is C/C=C\[C@@H]1CCCN1Cc1ccccc1. The number of nitrogens with zero attached hydrogens (tertiary/aromatic N) is 1. The van der Waals surface area contributed by atoms with Crippen LogP contribution in [-0.4, -0.2) is 17.5 Å². The largest absolute Gasteiger partial charge is 0.293 e. The van der Waals surface area contributed by atoms with Gasteiger partial charge in [-0.3, -0.25) is 4.90 Å². The van der Waals surface area contributed by atoms with E-state index in [1.807, 2.05) is 0 Å². The fourth-order valence-electron chi connectivity index (χ4n) is 2.31. The molecular weight excluding hydrogens is 182 g/mol. The zero-order valence-electron chi connectivity index (χ0n) is 9.39. The Morgan fingerprint density at radius 1 is 1.33 bits per heavy atom. The molecule has 1 aliphatic heterocycles. The van der Waals surface area contributed by atoms with Crippen LogP contribution >= 0.6 is 0 Å². The second kappa shape index (κ2) is 5.13. The Morgan fingerprint density at radius 2 is 2.13 bits per heavy atom. The predicted octanol–water partition coefficient (Wildman–Crippen LogP) is 3.23. The minimum atomic E-state index is 0.662. The van der Waals surface area contributed by atoms with Gasteiger partial charge in [0.2, 0.25) is 0 Å². The molecule has 1 aromatic rings. The van der Waals surface area contributed by atoms with Gasteiger partial charge in [-0.15, -0.1) is 0 Å².